The smallest absolute Gasteiger partial charge is 0.230 e. The minimum absolute atomic E-state index is 0.238. The van der Waals surface area contributed by atoms with E-state index in [2.05, 4.69) is 9.88 Å². The highest BCUT2D eigenvalue weighted by Crippen LogP contribution is 2.42. The van der Waals surface area contributed by atoms with Crippen LogP contribution in [0.1, 0.15) is 32.1 Å². The van der Waals surface area contributed by atoms with Crippen LogP contribution < -0.4 is 4.90 Å². The van der Waals surface area contributed by atoms with Gasteiger partial charge in [-0.25, -0.2) is 9.37 Å². The van der Waals surface area contributed by atoms with Crippen molar-refractivity contribution in [2.75, 3.05) is 37.7 Å². The number of hydrogen-bond acceptors (Lipinski definition) is 4. The van der Waals surface area contributed by atoms with E-state index < -0.39 is 11.2 Å². The fourth-order valence-corrected chi connectivity index (χ4v) is 4.66. The molecule has 3 aliphatic heterocycles. The Morgan fingerprint density at radius 3 is 2.84 bits per heavy atom. The van der Waals surface area contributed by atoms with E-state index in [4.69, 9.17) is 16.3 Å². The predicted molar refractivity (Wildman–Crippen MR) is 93.3 cm³/mol. The van der Waals surface area contributed by atoms with Gasteiger partial charge in [0.2, 0.25) is 5.91 Å². The maximum Gasteiger partial charge on any atom is 0.230 e. The first-order chi connectivity index (χ1) is 12.1. The van der Waals surface area contributed by atoms with E-state index in [1.54, 1.807) is 0 Å². The normalized spacial score (nSPS) is 28.2. The third kappa shape index (κ3) is 3.10. The lowest BCUT2D eigenvalue weighted by Gasteiger charge is -2.44. The molecule has 7 heteroatoms. The molecule has 5 nitrogen and oxygen atoms in total. The number of nitrogens with zero attached hydrogens (tertiary/aromatic N) is 3. The van der Waals surface area contributed by atoms with Crippen molar-refractivity contribution in [2.24, 2.45) is 5.41 Å². The molecule has 0 N–H and O–H groups in total. The van der Waals surface area contributed by atoms with E-state index in [1.807, 2.05) is 4.90 Å². The quantitative estimate of drug-likeness (QED) is 0.806. The van der Waals surface area contributed by atoms with Crippen LogP contribution >= 0.6 is 11.6 Å². The molecule has 1 atom stereocenters. The first-order valence-corrected chi connectivity index (χ1v) is 9.42. The molecule has 3 aliphatic rings. The zero-order chi connectivity index (χ0) is 17.4. The van der Waals surface area contributed by atoms with E-state index >= 15 is 0 Å². The second-order valence-corrected chi connectivity index (χ2v) is 7.79. The summed E-state index contributed by atoms with van der Waals surface area (Å²) in [4.78, 5) is 21.4. The summed E-state index contributed by atoms with van der Waals surface area (Å²) in [6.45, 7) is 3.48. The third-order valence-corrected chi connectivity index (χ3v) is 6.05. The summed E-state index contributed by atoms with van der Waals surface area (Å²) < 4.78 is 19.7. The Morgan fingerprint density at radius 2 is 2.08 bits per heavy atom. The minimum Gasteiger partial charge on any atom is -0.381 e. The maximum absolute atomic E-state index is 14.2. The van der Waals surface area contributed by atoms with Crippen LogP contribution in [0.4, 0.5) is 10.2 Å². The van der Waals surface area contributed by atoms with Crippen LogP contribution in [0.5, 0.6) is 0 Å². The van der Waals surface area contributed by atoms with Crippen LogP contribution in [0.15, 0.2) is 12.3 Å². The van der Waals surface area contributed by atoms with Crippen LogP contribution in [0.3, 0.4) is 0 Å². The Balaban J connectivity index is 1.52. The van der Waals surface area contributed by atoms with Gasteiger partial charge in [0.1, 0.15) is 0 Å². The van der Waals surface area contributed by atoms with Crippen LogP contribution in [0.2, 0.25) is 5.02 Å². The molecule has 4 rings (SSSR count). The molecule has 1 aromatic rings. The van der Waals surface area contributed by atoms with Gasteiger partial charge in [0, 0.05) is 45.1 Å². The number of likely N-dealkylation sites (tertiary alicyclic amines) is 1. The Bertz CT molecular complexity index is 668. The monoisotopic (exact) mass is 367 g/mol. The number of rotatable bonds is 2. The van der Waals surface area contributed by atoms with Gasteiger partial charge in [-0.3, -0.25) is 4.79 Å². The van der Waals surface area contributed by atoms with Crippen molar-refractivity contribution < 1.29 is 13.9 Å². The zero-order valence-corrected chi connectivity index (χ0v) is 15.0. The van der Waals surface area contributed by atoms with Gasteiger partial charge >= 0.3 is 0 Å². The largest absolute Gasteiger partial charge is 0.381 e. The van der Waals surface area contributed by atoms with Gasteiger partial charge in [0.25, 0.3) is 0 Å². The molecule has 0 saturated carbocycles. The summed E-state index contributed by atoms with van der Waals surface area (Å²) in [5.74, 6) is 0.119. The van der Waals surface area contributed by atoms with Crippen molar-refractivity contribution in [2.45, 2.75) is 38.1 Å². The maximum atomic E-state index is 14.2. The number of halogens is 2. The number of piperidine rings is 1. The van der Waals surface area contributed by atoms with Crippen molar-refractivity contribution in [3.8, 4) is 0 Å². The lowest BCUT2D eigenvalue weighted by Crippen LogP contribution is -2.54. The van der Waals surface area contributed by atoms with Crippen molar-refractivity contribution in [3.63, 3.8) is 0 Å². The van der Waals surface area contributed by atoms with E-state index in [9.17, 15) is 9.18 Å². The number of carbonyl (C=O) groups is 1. The molecule has 0 aliphatic carbocycles. The summed E-state index contributed by atoms with van der Waals surface area (Å²) in [6.07, 6.45) is 5.93. The molecule has 0 bridgehead atoms. The summed E-state index contributed by atoms with van der Waals surface area (Å²) in [6, 6.07) is 1.57. The topological polar surface area (TPSA) is 45.7 Å². The number of hydrogen-bond donors (Lipinski definition) is 0. The molecule has 1 amide bonds. The molecule has 1 aromatic heterocycles. The molecule has 25 heavy (non-hydrogen) atoms. The predicted octanol–water partition coefficient (Wildman–Crippen LogP) is 2.87. The molecule has 4 heterocycles. The first-order valence-electron chi connectivity index (χ1n) is 9.04. The van der Waals surface area contributed by atoms with Crippen LogP contribution in [-0.2, 0) is 9.53 Å². The van der Waals surface area contributed by atoms with Gasteiger partial charge in [-0.15, -0.1) is 0 Å². The molecule has 0 aromatic carbocycles. The highest BCUT2D eigenvalue weighted by Gasteiger charge is 2.50. The molecular formula is C18H23ClFN3O2. The van der Waals surface area contributed by atoms with E-state index in [1.165, 1.54) is 12.3 Å². The van der Waals surface area contributed by atoms with Crippen molar-refractivity contribution >= 4 is 23.3 Å². The lowest BCUT2D eigenvalue weighted by molar-refractivity contribution is -0.149. The summed E-state index contributed by atoms with van der Waals surface area (Å²) in [5, 5.41) is 0.287. The van der Waals surface area contributed by atoms with Gasteiger partial charge in [-0.05, 0) is 38.2 Å². The van der Waals surface area contributed by atoms with Crippen molar-refractivity contribution in [1.82, 2.24) is 9.88 Å². The first kappa shape index (κ1) is 17.0. The average molecular weight is 368 g/mol. The van der Waals surface area contributed by atoms with Crippen molar-refractivity contribution in [1.29, 1.82) is 0 Å². The third-order valence-electron chi connectivity index (χ3n) is 5.84. The Hall–Kier alpha value is -1.40. The highest BCUT2D eigenvalue weighted by molar-refractivity contribution is 6.30. The standard InChI is InChI=1S/C18H23ClFN3O2/c19-13-10-15(20)16(21-11-13)22-7-5-18(12-22)4-1-6-23(17(18)24)14-2-8-25-9-3-14/h10-11,14H,1-9,12H2. The van der Waals surface area contributed by atoms with Gasteiger partial charge in [-0.2, -0.15) is 0 Å². The van der Waals surface area contributed by atoms with Crippen LogP contribution in [0, 0.1) is 11.2 Å². The van der Waals surface area contributed by atoms with Gasteiger partial charge in [0.05, 0.1) is 10.4 Å². The van der Waals surface area contributed by atoms with E-state index in [-0.39, 0.29) is 17.0 Å². The Morgan fingerprint density at radius 1 is 1.28 bits per heavy atom. The summed E-state index contributed by atoms with van der Waals surface area (Å²) in [5.41, 5.74) is -0.399. The fraction of sp³-hybridized carbons (Fsp3) is 0.667. The van der Waals surface area contributed by atoms with Gasteiger partial charge in [-0.1, -0.05) is 11.6 Å². The van der Waals surface area contributed by atoms with Crippen LogP contribution in [0.25, 0.3) is 0 Å². The molecule has 3 fully saturated rings. The number of carbonyl (C=O) groups excluding carboxylic acids is 1. The second kappa shape index (κ2) is 6.72. The van der Waals surface area contributed by atoms with E-state index in [0.29, 0.717) is 18.9 Å². The number of ether oxygens (including phenoxy) is 1. The average Bonchev–Trinajstić information content (AvgIpc) is 3.03. The Kier molecular flexibility index (Phi) is 4.58. The Labute approximate surface area is 152 Å². The van der Waals surface area contributed by atoms with Crippen LogP contribution in [-0.4, -0.2) is 54.7 Å². The van der Waals surface area contributed by atoms with E-state index in [0.717, 1.165) is 51.9 Å². The number of pyridine rings is 1. The minimum atomic E-state index is -0.422. The molecule has 1 spiro atoms. The second-order valence-electron chi connectivity index (χ2n) is 7.36. The van der Waals surface area contributed by atoms with Gasteiger partial charge in [0.15, 0.2) is 11.6 Å². The molecule has 3 saturated heterocycles. The zero-order valence-electron chi connectivity index (χ0n) is 14.2. The highest BCUT2D eigenvalue weighted by atomic mass is 35.5. The summed E-state index contributed by atoms with van der Waals surface area (Å²) in [7, 11) is 0. The summed E-state index contributed by atoms with van der Waals surface area (Å²) >= 11 is 5.80. The van der Waals surface area contributed by atoms with Gasteiger partial charge < -0.3 is 14.5 Å². The fourth-order valence-electron chi connectivity index (χ4n) is 4.52. The SMILES string of the molecule is O=C1N(C2CCOCC2)CCCC12CCN(c1ncc(Cl)cc1F)C2. The van der Waals surface area contributed by atoms with Crippen molar-refractivity contribution in [3.05, 3.63) is 23.1 Å². The number of amides is 1. The molecule has 0 radical (unpaired) electrons. The molecular weight excluding hydrogens is 345 g/mol. The lowest BCUT2D eigenvalue weighted by atomic mass is 9.77. The number of aromatic nitrogens is 1. The molecule has 136 valence electrons. The number of anilines is 1. The molecule has 1 unspecified atom stereocenters.